The third-order valence-electron chi connectivity index (χ3n) is 3.29. The van der Waals surface area contributed by atoms with Crippen molar-refractivity contribution in [2.75, 3.05) is 0 Å². The maximum atomic E-state index is 13.3. The maximum absolute atomic E-state index is 13.3. The van der Waals surface area contributed by atoms with Gasteiger partial charge in [0.1, 0.15) is 5.82 Å². The van der Waals surface area contributed by atoms with Gasteiger partial charge in [-0.3, -0.25) is 4.79 Å². The van der Waals surface area contributed by atoms with Gasteiger partial charge in [-0.05, 0) is 49.9 Å². The molecule has 17 heavy (non-hydrogen) atoms. The van der Waals surface area contributed by atoms with E-state index in [2.05, 4.69) is 11.9 Å². The normalized spacial score (nSPS) is 17.1. The summed E-state index contributed by atoms with van der Waals surface area (Å²) in [7, 11) is 0. The molecule has 1 aromatic rings. The van der Waals surface area contributed by atoms with Crippen LogP contribution in [0.1, 0.15) is 42.1 Å². The molecule has 1 aliphatic carbocycles. The fourth-order valence-electron chi connectivity index (χ4n) is 2.04. The molecular weight excluding hydrogens is 217 g/mol. The number of halogens is 1. The molecule has 3 heteroatoms. The fraction of sp³-hybridized carbons (Fsp3) is 0.357. The summed E-state index contributed by atoms with van der Waals surface area (Å²) in [6, 6.07) is 4.26. The van der Waals surface area contributed by atoms with E-state index in [-0.39, 0.29) is 11.4 Å². The average Bonchev–Trinajstić information content (AvgIpc) is 2.26. The average molecular weight is 233 g/mol. The highest BCUT2D eigenvalue weighted by molar-refractivity contribution is 5.95. The summed E-state index contributed by atoms with van der Waals surface area (Å²) in [5.41, 5.74) is 0.861. The quantitative estimate of drug-likeness (QED) is 0.853. The van der Waals surface area contributed by atoms with Gasteiger partial charge >= 0.3 is 0 Å². The summed E-state index contributed by atoms with van der Waals surface area (Å²) in [5, 5.41) is 2.95. The molecule has 1 aliphatic rings. The van der Waals surface area contributed by atoms with Gasteiger partial charge < -0.3 is 5.32 Å². The van der Waals surface area contributed by atoms with Crippen LogP contribution in [-0.4, -0.2) is 11.4 Å². The summed E-state index contributed by atoms with van der Waals surface area (Å²) in [6.45, 7) is 5.59. The second-order valence-corrected chi connectivity index (χ2v) is 4.85. The minimum Gasteiger partial charge on any atom is -0.347 e. The molecule has 0 radical (unpaired) electrons. The van der Waals surface area contributed by atoms with Gasteiger partial charge in [0, 0.05) is 11.1 Å². The number of carbonyl (C=O) groups excluding carboxylic acids is 1. The zero-order valence-corrected chi connectivity index (χ0v) is 9.92. The first kappa shape index (κ1) is 11.8. The van der Waals surface area contributed by atoms with Gasteiger partial charge in [-0.1, -0.05) is 12.7 Å². The van der Waals surface area contributed by atoms with Crippen LogP contribution in [0.3, 0.4) is 0 Å². The molecule has 1 amide bonds. The molecule has 1 saturated carbocycles. The minimum absolute atomic E-state index is 0.113. The van der Waals surface area contributed by atoms with E-state index >= 15 is 0 Å². The maximum Gasteiger partial charge on any atom is 0.251 e. The number of amides is 1. The van der Waals surface area contributed by atoms with Crippen LogP contribution < -0.4 is 5.32 Å². The van der Waals surface area contributed by atoms with Crippen molar-refractivity contribution >= 4 is 12.0 Å². The van der Waals surface area contributed by atoms with E-state index < -0.39 is 5.82 Å². The van der Waals surface area contributed by atoms with E-state index in [1.54, 1.807) is 6.07 Å². The summed E-state index contributed by atoms with van der Waals surface area (Å²) in [6.07, 6.45) is 4.65. The second kappa shape index (κ2) is 4.32. The molecule has 1 N–H and O–H groups in total. The largest absolute Gasteiger partial charge is 0.347 e. The molecule has 1 aromatic carbocycles. The lowest BCUT2D eigenvalue weighted by Gasteiger charge is -2.39. The van der Waals surface area contributed by atoms with Crippen LogP contribution in [0.2, 0.25) is 0 Å². The SMILES string of the molecule is C=Cc1cc(F)cc(C(=O)NC2(C)CCC2)c1. The zero-order valence-electron chi connectivity index (χ0n) is 9.92. The lowest BCUT2D eigenvalue weighted by atomic mass is 9.78. The molecule has 0 aliphatic heterocycles. The molecule has 2 nitrogen and oxygen atoms in total. The molecule has 0 spiro atoms. The molecule has 0 unspecified atom stereocenters. The number of hydrogen-bond donors (Lipinski definition) is 1. The van der Waals surface area contributed by atoms with Crippen molar-refractivity contribution in [1.82, 2.24) is 5.32 Å². The van der Waals surface area contributed by atoms with Crippen LogP contribution in [0, 0.1) is 5.82 Å². The minimum atomic E-state index is -0.411. The lowest BCUT2D eigenvalue weighted by Crippen LogP contribution is -2.50. The molecule has 2 rings (SSSR count). The van der Waals surface area contributed by atoms with Gasteiger partial charge in [-0.15, -0.1) is 0 Å². The van der Waals surface area contributed by atoms with E-state index in [1.807, 2.05) is 6.92 Å². The Morgan fingerprint density at radius 2 is 2.18 bits per heavy atom. The van der Waals surface area contributed by atoms with Crippen LogP contribution in [0.25, 0.3) is 6.08 Å². The van der Waals surface area contributed by atoms with Crippen molar-refractivity contribution in [2.45, 2.75) is 31.7 Å². The van der Waals surface area contributed by atoms with Gasteiger partial charge in [0.15, 0.2) is 0 Å². The first-order valence-corrected chi connectivity index (χ1v) is 5.78. The van der Waals surface area contributed by atoms with Gasteiger partial charge in [0.25, 0.3) is 5.91 Å². The Labute approximate surface area is 101 Å². The zero-order chi connectivity index (χ0) is 12.5. The Bertz CT molecular complexity index is 463. The Hall–Kier alpha value is -1.64. The second-order valence-electron chi connectivity index (χ2n) is 4.85. The number of benzene rings is 1. The van der Waals surface area contributed by atoms with E-state index in [0.29, 0.717) is 11.1 Å². The van der Waals surface area contributed by atoms with Crippen LogP contribution in [0.4, 0.5) is 4.39 Å². The number of nitrogens with one attached hydrogen (secondary N) is 1. The highest BCUT2D eigenvalue weighted by atomic mass is 19.1. The molecular formula is C14H16FNO. The standard InChI is InChI=1S/C14H16FNO/c1-3-10-7-11(9-12(15)8-10)13(17)16-14(2)5-4-6-14/h3,7-9H,1,4-6H2,2H3,(H,16,17). The third kappa shape index (κ3) is 2.54. The molecule has 0 atom stereocenters. The van der Waals surface area contributed by atoms with Gasteiger partial charge in [-0.2, -0.15) is 0 Å². The molecule has 90 valence electrons. The van der Waals surface area contributed by atoms with Crippen molar-refractivity contribution in [3.63, 3.8) is 0 Å². The molecule has 0 heterocycles. The van der Waals surface area contributed by atoms with E-state index in [0.717, 1.165) is 19.3 Å². The number of carbonyl (C=O) groups is 1. The predicted molar refractivity (Wildman–Crippen MR) is 66.2 cm³/mol. The monoisotopic (exact) mass is 233 g/mol. The summed E-state index contributed by atoms with van der Waals surface area (Å²) >= 11 is 0. The van der Waals surface area contributed by atoms with Crippen LogP contribution in [0.15, 0.2) is 24.8 Å². The van der Waals surface area contributed by atoms with Crippen LogP contribution >= 0.6 is 0 Å². The van der Waals surface area contributed by atoms with Crippen LogP contribution in [0.5, 0.6) is 0 Å². The lowest BCUT2D eigenvalue weighted by molar-refractivity contribution is 0.0850. The first-order chi connectivity index (χ1) is 8.02. The number of hydrogen-bond acceptors (Lipinski definition) is 1. The van der Waals surface area contributed by atoms with Gasteiger partial charge in [0.2, 0.25) is 0 Å². The molecule has 0 saturated heterocycles. The molecule has 0 aromatic heterocycles. The van der Waals surface area contributed by atoms with Crippen molar-refractivity contribution in [1.29, 1.82) is 0 Å². The van der Waals surface area contributed by atoms with Crippen molar-refractivity contribution in [3.05, 3.63) is 41.7 Å². The van der Waals surface area contributed by atoms with Crippen molar-refractivity contribution in [2.24, 2.45) is 0 Å². The smallest absolute Gasteiger partial charge is 0.251 e. The van der Waals surface area contributed by atoms with Gasteiger partial charge in [-0.25, -0.2) is 4.39 Å². The Kier molecular flexibility index (Phi) is 3.01. The third-order valence-corrected chi connectivity index (χ3v) is 3.29. The molecule has 0 bridgehead atoms. The van der Waals surface area contributed by atoms with Gasteiger partial charge in [0.05, 0.1) is 0 Å². The Morgan fingerprint density at radius 1 is 1.47 bits per heavy atom. The Morgan fingerprint density at radius 3 is 2.71 bits per heavy atom. The van der Waals surface area contributed by atoms with Crippen molar-refractivity contribution < 1.29 is 9.18 Å². The van der Waals surface area contributed by atoms with Crippen LogP contribution in [-0.2, 0) is 0 Å². The summed E-state index contributed by atoms with van der Waals surface area (Å²) < 4.78 is 13.3. The van der Waals surface area contributed by atoms with E-state index in [4.69, 9.17) is 0 Å². The van der Waals surface area contributed by atoms with Crippen molar-refractivity contribution in [3.8, 4) is 0 Å². The van der Waals surface area contributed by atoms with E-state index in [9.17, 15) is 9.18 Å². The highest BCUT2D eigenvalue weighted by Gasteiger charge is 2.33. The summed E-state index contributed by atoms with van der Waals surface area (Å²) in [5.74, 6) is -0.624. The highest BCUT2D eigenvalue weighted by Crippen LogP contribution is 2.31. The summed E-state index contributed by atoms with van der Waals surface area (Å²) in [4.78, 5) is 12.0. The molecule has 1 fully saturated rings. The fourth-order valence-corrected chi connectivity index (χ4v) is 2.04. The topological polar surface area (TPSA) is 29.1 Å². The predicted octanol–water partition coefficient (Wildman–Crippen LogP) is 3.14. The Balaban J connectivity index is 2.18. The van der Waals surface area contributed by atoms with E-state index in [1.165, 1.54) is 18.2 Å². The number of rotatable bonds is 3. The first-order valence-electron chi connectivity index (χ1n) is 5.78.